The lowest BCUT2D eigenvalue weighted by Gasteiger charge is -2.26. The Labute approximate surface area is 119 Å². The number of carbonyl (C=O) groups excluding carboxylic acids is 1. The fourth-order valence-corrected chi connectivity index (χ4v) is 2.47. The number of nitrogens with zero attached hydrogens (tertiary/aromatic N) is 2. The predicted molar refractivity (Wildman–Crippen MR) is 73.8 cm³/mol. The van der Waals surface area contributed by atoms with Crippen LogP contribution in [0.3, 0.4) is 0 Å². The Hall–Kier alpha value is -1.61. The standard InChI is InChI=1S/C14H23N3O3/c1-17(8-2-7-15)13(18)10-16-9-11-3-5-12(6-4-11)14(19)20/h11-12,16H,2-6,8-10H2,1H3,(H,19,20). The number of rotatable bonds is 7. The number of aliphatic carboxylic acids is 1. The average molecular weight is 281 g/mol. The molecule has 6 heteroatoms. The minimum atomic E-state index is -0.689. The molecule has 1 fully saturated rings. The van der Waals surface area contributed by atoms with Crippen molar-refractivity contribution in [3.63, 3.8) is 0 Å². The second kappa shape index (κ2) is 8.54. The Morgan fingerprint density at radius 3 is 2.55 bits per heavy atom. The van der Waals surface area contributed by atoms with Crippen LogP contribution in [-0.4, -0.2) is 48.6 Å². The second-order valence-corrected chi connectivity index (χ2v) is 5.41. The molecule has 6 nitrogen and oxygen atoms in total. The van der Waals surface area contributed by atoms with E-state index in [1.165, 1.54) is 0 Å². The molecule has 2 N–H and O–H groups in total. The van der Waals surface area contributed by atoms with E-state index in [4.69, 9.17) is 10.4 Å². The van der Waals surface area contributed by atoms with Gasteiger partial charge in [-0.3, -0.25) is 9.59 Å². The molecule has 112 valence electrons. The molecule has 1 aliphatic carbocycles. The fraction of sp³-hybridized carbons (Fsp3) is 0.786. The molecule has 0 aromatic carbocycles. The first-order valence-corrected chi connectivity index (χ1v) is 7.09. The topological polar surface area (TPSA) is 93.4 Å². The maximum Gasteiger partial charge on any atom is 0.306 e. The van der Waals surface area contributed by atoms with E-state index in [9.17, 15) is 9.59 Å². The fourth-order valence-electron chi connectivity index (χ4n) is 2.47. The molecule has 0 unspecified atom stereocenters. The Balaban J connectivity index is 2.14. The number of carboxylic acid groups (broad SMARTS) is 1. The van der Waals surface area contributed by atoms with Crippen molar-refractivity contribution in [2.45, 2.75) is 32.1 Å². The summed E-state index contributed by atoms with van der Waals surface area (Å²) in [4.78, 5) is 24.1. The number of nitrogens with one attached hydrogen (secondary N) is 1. The van der Waals surface area contributed by atoms with Crippen LogP contribution >= 0.6 is 0 Å². The molecule has 0 bridgehead atoms. The smallest absolute Gasteiger partial charge is 0.306 e. The molecule has 20 heavy (non-hydrogen) atoms. The van der Waals surface area contributed by atoms with Gasteiger partial charge in [0.2, 0.25) is 5.91 Å². The van der Waals surface area contributed by atoms with Crippen molar-refractivity contribution >= 4 is 11.9 Å². The summed E-state index contributed by atoms with van der Waals surface area (Å²) >= 11 is 0. The van der Waals surface area contributed by atoms with E-state index in [2.05, 4.69) is 5.32 Å². The molecule has 0 atom stereocenters. The molecule has 0 heterocycles. The lowest BCUT2D eigenvalue weighted by Crippen LogP contribution is -2.38. The van der Waals surface area contributed by atoms with Gasteiger partial charge in [0.1, 0.15) is 0 Å². The summed E-state index contributed by atoms with van der Waals surface area (Å²) in [6, 6.07) is 2.01. The molecule has 1 rings (SSSR count). The highest BCUT2D eigenvalue weighted by atomic mass is 16.4. The largest absolute Gasteiger partial charge is 0.481 e. The van der Waals surface area contributed by atoms with Crippen LogP contribution in [0.25, 0.3) is 0 Å². The lowest BCUT2D eigenvalue weighted by molar-refractivity contribution is -0.143. The van der Waals surface area contributed by atoms with Gasteiger partial charge < -0.3 is 15.3 Å². The van der Waals surface area contributed by atoms with E-state index >= 15 is 0 Å². The predicted octanol–water partition coefficient (Wildman–Crippen LogP) is 0.839. The highest BCUT2D eigenvalue weighted by Crippen LogP contribution is 2.28. The van der Waals surface area contributed by atoms with Gasteiger partial charge in [0, 0.05) is 13.6 Å². The van der Waals surface area contributed by atoms with Crippen molar-refractivity contribution in [3.05, 3.63) is 0 Å². The summed E-state index contributed by atoms with van der Waals surface area (Å²) in [7, 11) is 1.69. The van der Waals surface area contributed by atoms with Crippen molar-refractivity contribution in [1.29, 1.82) is 5.26 Å². The Bertz CT molecular complexity index is 370. The summed E-state index contributed by atoms with van der Waals surface area (Å²) in [6.45, 7) is 1.49. The van der Waals surface area contributed by atoms with E-state index in [-0.39, 0.29) is 18.4 Å². The van der Waals surface area contributed by atoms with Crippen molar-refractivity contribution < 1.29 is 14.7 Å². The third-order valence-corrected chi connectivity index (χ3v) is 3.89. The molecular formula is C14H23N3O3. The van der Waals surface area contributed by atoms with Crippen molar-refractivity contribution in [2.24, 2.45) is 11.8 Å². The van der Waals surface area contributed by atoms with Crippen LogP contribution in [0.5, 0.6) is 0 Å². The highest BCUT2D eigenvalue weighted by Gasteiger charge is 2.25. The Morgan fingerprint density at radius 1 is 1.35 bits per heavy atom. The maximum absolute atomic E-state index is 11.7. The number of nitriles is 1. The number of carboxylic acids is 1. The molecular weight excluding hydrogens is 258 g/mol. The highest BCUT2D eigenvalue weighted by molar-refractivity contribution is 5.77. The van der Waals surface area contributed by atoms with Gasteiger partial charge >= 0.3 is 5.97 Å². The van der Waals surface area contributed by atoms with Crippen LogP contribution in [0, 0.1) is 23.2 Å². The Kier molecular flexibility index (Phi) is 7.02. The minimum Gasteiger partial charge on any atom is -0.481 e. The molecule has 0 spiro atoms. The lowest BCUT2D eigenvalue weighted by atomic mass is 9.82. The molecule has 0 aromatic rings. The van der Waals surface area contributed by atoms with Crippen LogP contribution in [0.2, 0.25) is 0 Å². The number of likely N-dealkylation sites (N-methyl/N-ethyl adjacent to an activating group) is 1. The average Bonchev–Trinajstić information content (AvgIpc) is 2.45. The summed E-state index contributed by atoms with van der Waals surface area (Å²) in [6.07, 6.45) is 3.63. The third kappa shape index (κ3) is 5.57. The van der Waals surface area contributed by atoms with E-state index < -0.39 is 5.97 Å². The van der Waals surface area contributed by atoms with E-state index in [1.807, 2.05) is 6.07 Å². The summed E-state index contributed by atoms with van der Waals surface area (Å²) in [5.74, 6) is -0.432. The van der Waals surface area contributed by atoms with Crippen molar-refractivity contribution in [1.82, 2.24) is 10.2 Å². The quantitative estimate of drug-likeness (QED) is 0.721. The molecule has 1 saturated carbocycles. The first-order chi connectivity index (χ1) is 9.54. The normalized spacial score (nSPS) is 22.0. The summed E-state index contributed by atoms with van der Waals surface area (Å²) in [5, 5.41) is 20.5. The van der Waals surface area contributed by atoms with Crippen LogP contribution in [0.15, 0.2) is 0 Å². The number of carbonyl (C=O) groups is 2. The van der Waals surface area contributed by atoms with Gasteiger partial charge in [-0.05, 0) is 38.1 Å². The van der Waals surface area contributed by atoms with Gasteiger partial charge in [0.25, 0.3) is 0 Å². The third-order valence-electron chi connectivity index (χ3n) is 3.89. The SMILES string of the molecule is CN(CCC#N)C(=O)CNCC1CCC(C(=O)O)CC1. The zero-order valence-corrected chi connectivity index (χ0v) is 12.0. The van der Waals surface area contributed by atoms with Crippen LogP contribution in [0.1, 0.15) is 32.1 Å². The number of hydrogen-bond acceptors (Lipinski definition) is 4. The Morgan fingerprint density at radius 2 is 2.00 bits per heavy atom. The van der Waals surface area contributed by atoms with E-state index in [1.54, 1.807) is 11.9 Å². The maximum atomic E-state index is 11.7. The van der Waals surface area contributed by atoms with E-state index in [0.29, 0.717) is 18.9 Å². The number of amides is 1. The monoisotopic (exact) mass is 281 g/mol. The zero-order valence-electron chi connectivity index (χ0n) is 12.0. The molecule has 0 aromatic heterocycles. The van der Waals surface area contributed by atoms with Crippen molar-refractivity contribution in [2.75, 3.05) is 26.7 Å². The van der Waals surface area contributed by atoms with Crippen LogP contribution in [-0.2, 0) is 9.59 Å². The van der Waals surface area contributed by atoms with Crippen molar-refractivity contribution in [3.8, 4) is 6.07 Å². The molecule has 0 saturated heterocycles. The van der Waals surface area contributed by atoms with E-state index in [0.717, 1.165) is 32.2 Å². The van der Waals surface area contributed by atoms with Crippen LogP contribution in [0.4, 0.5) is 0 Å². The van der Waals surface area contributed by atoms with Crippen LogP contribution < -0.4 is 5.32 Å². The first kappa shape index (κ1) is 16.4. The zero-order chi connectivity index (χ0) is 15.0. The number of hydrogen-bond donors (Lipinski definition) is 2. The minimum absolute atomic E-state index is 0.0144. The summed E-state index contributed by atoms with van der Waals surface area (Å²) in [5.41, 5.74) is 0. The molecule has 0 aliphatic heterocycles. The summed E-state index contributed by atoms with van der Waals surface area (Å²) < 4.78 is 0. The second-order valence-electron chi connectivity index (χ2n) is 5.41. The van der Waals surface area contributed by atoms with Gasteiger partial charge in [-0.15, -0.1) is 0 Å². The molecule has 0 radical (unpaired) electrons. The molecule has 1 amide bonds. The first-order valence-electron chi connectivity index (χ1n) is 7.09. The van der Waals surface area contributed by atoms with Gasteiger partial charge in [-0.2, -0.15) is 5.26 Å². The van der Waals surface area contributed by atoms with Gasteiger partial charge in [0.15, 0.2) is 0 Å². The van der Waals surface area contributed by atoms with Gasteiger partial charge in [-0.25, -0.2) is 0 Å². The van der Waals surface area contributed by atoms with Gasteiger partial charge in [0.05, 0.1) is 25.0 Å². The van der Waals surface area contributed by atoms with Gasteiger partial charge in [-0.1, -0.05) is 0 Å². The molecule has 1 aliphatic rings.